The predicted molar refractivity (Wildman–Crippen MR) is 410 cm³/mol. The number of carbonyl (C=O) groups excluding carboxylic acids is 5. The van der Waals surface area contributed by atoms with Crippen LogP contribution in [0.5, 0.6) is 0 Å². The molecular formula is C86H121N5O14. The van der Waals surface area contributed by atoms with E-state index in [0.29, 0.717) is 88.1 Å². The van der Waals surface area contributed by atoms with E-state index in [2.05, 4.69) is 22.0 Å². The van der Waals surface area contributed by atoms with Gasteiger partial charge in [0.25, 0.3) is 0 Å². The number of ether oxygens (including phenoxy) is 5. The number of aliphatic hydroxyl groups excluding tert-OH is 4. The molecule has 13 atom stereocenters. The van der Waals surface area contributed by atoms with E-state index in [0.717, 1.165) is 131 Å². The third-order valence-electron chi connectivity index (χ3n) is 20.9. The number of aliphatic hydroxyl groups is 4. The van der Waals surface area contributed by atoms with Gasteiger partial charge in [-0.1, -0.05) is 164 Å². The topological polar surface area (TPSA) is 229 Å². The van der Waals surface area contributed by atoms with Gasteiger partial charge in [0.1, 0.15) is 6.61 Å². The number of rotatable bonds is 24. The Kier molecular flexibility index (Phi) is 33.7. The Hall–Kier alpha value is -6.69. The van der Waals surface area contributed by atoms with Gasteiger partial charge in [-0.05, 0) is 187 Å². The van der Waals surface area contributed by atoms with Crippen LogP contribution in [0.15, 0.2) is 164 Å². The number of carbonyl (C=O) groups is 5. The largest absolute Gasteiger partial charge is 0.445 e. The van der Waals surface area contributed by atoms with Crippen LogP contribution in [0.1, 0.15) is 171 Å². The number of likely N-dealkylation sites (N-methyl/N-ethyl adjacent to an activating group) is 4. The molecule has 5 aliphatic carbocycles. The standard InChI is InChI=1S/2C19H27NO3.2C16H23NO3.C16H21NO2/c2*1-19(2)22-17-10-9-14(11-18(17)23-19)12-20(3)13-16(21)15-7-5-4-6-8-15;2*1-17(10-12-7-8-14(18)15(19)9-12)11-16(20)13-5-3-2-4-6-13;1-17(12-14-8-4-2-5-9-14)16(18)19-13-15-10-6-3-7-11-15/h2*4-8,14,17-18H,9-13H2,1-3H3;2*2-6,12,14-15,18-19H,7-11H2,1H3;2-4,6-7,10-11,14H,5,8-9,12-13H2,1H3/t2*14?,17-,18+;2*12?,14-,15+;/m1010./s1. The molecular weight excluding hydrogens is 1330 g/mol. The molecule has 6 fully saturated rings. The summed E-state index contributed by atoms with van der Waals surface area (Å²) < 4.78 is 29.2. The molecule has 19 heteroatoms. The van der Waals surface area contributed by atoms with Crippen LogP contribution in [0.25, 0.3) is 0 Å². The van der Waals surface area contributed by atoms with Gasteiger partial charge in [-0.25, -0.2) is 4.79 Å². The van der Waals surface area contributed by atoms with E-state index in [1.165, 1.54) is 0 Å². The van der Waals surface area contributed by atoms with Crippen LogP contribution in [0.3, 0.4) is 0 Å². The van der Waals surface area contributed by atoms with Gasteiger partial charge in [0.05, 0.1) is 75.0 Å². The van der Waals surface area contributed by atoms with Crippen molar-refractivity contribution in [3.8, 4) is 0 Å². The Bertz CT molecular complexity index is 3240. The van der Waals surface area contributed by atoms with Gasteiger partial charge in [0.15, 0.2) is 34.7 Å². The number of benzene rings is 5. The third kappa shape index (κ3) is 29.1. The van der Waals surface area contributed by atoms with Crippen LogP contribution in [0, 0.1) is 29.6 Å². The zero-order valence-electron chi connectivity index (χ0n) is 63.9. The second-order valence-electron chi connectivity index (χ2n) is 31.4. The summed E-state index contributed by atoms with van der Waals surface area (Å²) >= 11 is 0. The quantitative estimate of drug-likeness (QED) is 0.0332. The summed E-state index contributed by atoms with van der Waals surface area (Å²) in [6.07, 6.45) is 16.8. The van der Waals surface area contributed by atoms with E-state index < -0.39 is 36.0 Å². The highest BCUT2D eigenvalue weighted by atomic mass is 16.8. The molecule has 5 aromatic carbocycles. The van der Waals surface area contributed by atoms with Crippen molar-refractivity contribution >= 4 is 29.2 Å². The molecule has 7 aliphatic rings. The molecule has 2 heterocycles. The summed E-state index contributed by atoms with van der Waals surface area (Å²) in [4.78, 5) is 70.6. The lowest BCUT2D eigenvalue weighted by molar-refractivity contribution is -0.146. The fourth-order valence-corrected chi connectivity index (χ4v) is 15.7. The first-order valence-electron chi connectivity index (χ1n) is 38.3. The van der Waals surface area contributed by atoms with E-state index >= 15 is 0 Å². The minimum absolute atomic E-state index is 0.115. The maximum atomic E-state index is 12.3. The molecule has 4 saturated carbocycles. The Balaban J connectivity index is 0.000000166. The first kappa shape index (κ1) is 83.9. The molecule has 4 N–H and O–H groups in total. The number of fused-ring (bicyclic) bond motifs is 2. The number of ketones is 4. The van der Waals surface area contributed by atoms with Gasteiger partial charge in [0.2, 0.25) is 0 Å². The summed E-state index contributed by atoms with van der Waals surface area (Å²) in [5, 5.41) is 38.4. The van der Waals surface area contributed by atoms with E-state index in [9.17, 15) is 44.4 Å². The van der Waals surface area contributed by atoms with Gasteiger partial charge in [0, 0.05) is 62.0 Å². The summed E-state index contributed by atoms with van der Waals surface area (Å²) in [7, 11) is 9.73. The van der Waals surface area contributed by atoms with Crippen LogP contribution in [-0.4, -0.2) is 229 Å². The molecule has 0 radical (unpaired) electrons. The number of hydrogen-bond donors (Lipinski definition) is 4. The molecule has 19 nitrogen and oxygen atoms in total. The van der Waals surface area contributed by atoms with Gasteiger partial charge < -0.3 is 49.0 Å². The van der Waals surface area contributed by atoms with Crippen molar-refractivity contribution < 1.29 is 68.1 Å². The van der Waals surface area contributed by atoms with Crippen molar-refractivity contribution in [2.75, 3.05) is 94.1 Å². The molecule has 574 valence electrons. The number of allylic oxidation sites excluding steroid dienone is 2. The predicted octanol–water partition coefficient (Wildman–Crippen LogP) is 12.5. The van der Waals surface area contributed by atoms with Crippen molar-refractivity contribution in [2.45, 2.75) is 191 Å². The van der Waals surface area contributed by atoms with Gasteiger partial charge in [-0.3, -0.25) is 38.8 Å². The summed E-state index contributed by atoms with van der Waals surface area (Å²) in [6, 6.07) is 47.4. The van der Waals surface area contributed by atoms with Crippen molar-refractivity contribution in [1.82, 2.24) is 24.5 Å². The van der Waals surface area contributed by atoms with Crippen LogP contribution in [-0.2, 0) is 30.3 Å². The molecule has 0 spiro atoms. The van der Waals surface area contributed by atoms with E-state index in [4.69, 9.17) is 23.7 Å². The lowest BCUT2D eigenvalue weighted by Gasteiger charge is -2.32. The Morgan fingerprint density at radius 2 is 0.686 bits per heavy atom. The minimum atomic E-state index is -0.619. The Labute approximate surface area is 625 Å². The second-order valence-corrected chi connectivity index (χ2v) is 31.4. The number of hydrogen-bond acceptors (Lipinski definition) is 18. The molecule has 12 rings (SSSR count). The van der Waals surface area contributed by atoms with Crippen molar-refractivity contribution in [3.63, 3.8) is 0 Å². The normalized spacial score (nSPS) is 26.4. The molecule has 105 heavy (non-hydrogen) atoms. The number of Topliss-reactive ketones (excluding diaryl/α,β-unsaturated/α-hetero) is 4. The second kappa shape index (κ2) is 42.2. The van der Waals surface area contributed by atoms with Gasteiger partial charge >= 0.3 is 6.09 Å². The average molecular weight is 1450 g/mol. The highest BCUT2D eigenvalue weighted by Crippen LogP contribution is 2.41. The fraction of sp³-hybridized carbons (Fsp3) is 0.570. The minimum Gasteiger partial charge on any atom is -0.445 e. The summed E-state index contributed by atoms with van der Waals surface area (Å²) in [6.45, 7) is 14.2. The zero-order chi connectivity index (χ0) is 75.5. The fourth-order valence-electron chi connectivity index (χ4n) is 15.7. The van der Waals surface area contributed by atoms with Crippen molar-refractivity contribution in [3.05, 3.63) is 192 Å². The van der Waals surface area contributed by atoms with Crippen molar-refractivity contribution in [1.29, 1.82) is 0 Å². The summed E-state index contributed by atoms with van der Waals surface area (Å²) in [5.74, 6) is 2.12. The maximum absolute atomic E-state index is 12.3. The van der Waals surface area contributed by atoms with Crippen LogP contribution in [0.4, 0.5) is 4.79 Å². The van der Waals surface area contributed by atoms with E-state index in [-0.39, 0.29) is 53.6 Å². The first-order chi connectivity index (χ1) is 50.2. The van der Waals surface area contributed by atoms with Crippen LogP contribution < -0.4 is 0 Å². The molecule has 0 aromatic heterocycles. The van der Waals surface area contributed by atoms with Crippen LogP contribution in [0.2, 0.25) is 0 Å². The molecule has 5 unspecified atom stereocenters. The monoisotopic (exact) mass is 1450 g/mol. The van der Waals surface area contributed by atoms with E-state index in [1.54, 1.807) is 4.90 Å². The Morgan fingerprint density at radius 1 is 0.371 bits per heavy atom. The van der Waals surface area contributed by atoms with Gasteiger partial charge in [-0.15, -0.1) is 0 Å². The highest BCUT2D eigenvalue weighted by molar-refractivity contribution is 5.99. The van der Waals surface area contributed by atoms with Crippen LogP contribution >= 0.6 is 0 Å². The zero-order valence-corrected chi connectivity index (χ0v) is 63.9. The highest BCUT2D eigenvalue weighted by Gasteiger charge is 2.46. The lowest BCUT2D eigenvalue weighted by Crippen LogP contribution is -2.39. The third-order valence-corrected chi connectivity index (χ3v) is 20.9. The number of nitrogens with zero attached hydrogens (tertiary/aromatic N) is 5. The molecule has 1 amide bonds. The van der Waals surface area contributed by atoms with E-state index in [1.807, 2.05) is 224 Å². The molecule has 5 aromatic rings. The van der Waals surface area contributed by atoms with Gasteiger partial charge in [-0.2, -0.15) is 0 Å². The van der Waals surface area contributed by atoms with Crippen molar-refractivity contribution in [2.24, 2.45) is 29.6 Å². The first-order valence-corrected chi connectivity index (χ1v) is 38.3. The maximum Gasteiger partial charge on any atom is 0.409 e. The average Bonchev–Trinajstić information content (AvgIpc) is 1.67. The molecule has 0 bridgehead atoms. The lowest BCUT2D eigenvalue weighted by atomic mass is 9.85. The Morgan fingerprint density at radius 3 is 1.01 bits per heavy atom. The summed E-state index contributed by atoms with van der Waals surface area (Å²) in [5.41, 5.74) is 4.07. The number of amides is 1. The molecule has 2 saturated heterocycles. The SMILES string of the molecule is CN(CC(=O)c1ccccc1)CC1CC[C@@H](O)[C@@H](O)C1.CN(CC(=O)c1ccccc1)CC1CC[C@@H]2OC(C)(C)O[C@@H]2C1.CN(CC(=O)c1ccccc1)CC1CC[C@H](O)[C@H](O)C1.CN(CC(=O)c1ccccc1)CC1CC[C@H]2OC(C)(C)O[C@H]2C1.CN(CC1CC=CCC1)C(=O)OCc1ccccc1. The molecule has 2 aliphatic heterocycles. The smallest absolute Gasteiger partial charge is 0.409 e.